The zero-order valence-corrected chi connectivity index (χ0v) is 16.9. The summed E-state index contributed by atoms with van der Waals surface area (Å²) in [7, 11) is 0. The van der Waals surface area contributed by atoms with Crippen molar-refractivity contribution in [3.05, 3.63) is 35.7 Å². The molecule has 2 aliphatic heterocycles. The predicted molar refractivity (Wildman–Crippen MR) is 109 cm³/mol. The van der Waals surface area contributed by atoms with Crippen LogP contribution in [0.5, 0.6) is 5.75 Å². The van der Waals surface area contributed by atoms with Crippen LogP contribution in [-0.4, -0.2) is 53.3 Å². The quantitative estimate of drug-likeness (QED) is 0.776. The van der Waals surface area contributed by atoms with E-state index in [-0.39, 0.29) is 18.1 Å². The third kappa shape index (κ3) is 4.76. The summed E-state index contributed by atoms with van der Waals surface area (Å²) in [6.07, 6.45) is 5.38. The Hall–Kier alpha value is -2.45. The van der Waals surface area contributed by atoms with Gasteiger partial charge in [-0.2, -0.15) is 0 Å². The van der Waals surface area contributed by atoms with Gasteiger partial charge in [-0.15, -0.1) is 5.10 Å². The largest absolute Gasteiger partial charge is 0.489 e. The maximum atomic E-state index is 12.9. The van der Waals surface area contributed by atoms with Gasteiger partial charge in [0.15, 0.2) is 5.69 Å². The van der Waals surface area contributed by atoms with Crippen molar-refractivity contribution in [2.45, 2.75) is 51.2 Å². The molecule has 0 aliphatic carbocycles. The van der Waals surface area contributed by atoms with Crippen molar-refractivity contribution in [1.82, 2.24) is 20.3 Å². The lowest BCUT2D eigenvalue weighted by atomic mass is 10.1. The van der Waals surface area contributed by atoms with Crippen LogP contribution in [0, 0.1) is 6.92 Å². The molecule has 1 aromatic carbocycles. The maximum absolute atomic E-state index is 12.9. The Bertz CT molecular complexity index is 825. The summed E-state index contributed by atoms with van der Waals surface area (Å²) in [5, 5.41) is 14.7. The molecule has 1 atom stereocenters. The highest BCUT2D eigenvalue weighted by Gasteiger charge is 2.23. The Kier molecular flexibility index (Phi) is 6.41. The Morgan fingerprint density at radius 3 is 2.90 bits per heavy atom. The Balaban J connectivity index is 1.42. The van der Waals surface area contributed by atoms with Crippen LogP contribution < -0.4 is 15.4 Å². The van der Waals surface area contributed by atoms with Crippen LogP contribution in [0.3, 0.4) is 0 Å². The van der Waals surface area contributed by atoms with E-state index in [9.17, 15) is 4.79 Å². The molecule has 1 aromatic heterocycles. The number of aromatic nitrogens is 3. The van der Waals surface area contributed by atoms with Gasteiger partial charge in [0.05, 0.1) is 23.5 Å². The summed E-state index contributed by atoms with van der Waals surface area (Å²) in [5.74, 6) is 0.367. The van der Waals surface area contributed by atoms with E-state index in [1.54, 1.807) is 0 Å². The van der Waals surface area contributed by atoms with Gasteiger partial charge in [-0.25, -0.2) is 4.68 Å². The zero-order valence-electron chi connectivity index (χ0n) is 16.9. The second-order valence-corrected chi connectivity index (χ2v) is 7.70. The Labute approximate surface area is 171 Å². The summed E-state index contributed by atoms with van der Waals surface area (Å²) in [5.41, 5.74) is 1.78. The van der Waals surface area contributed by atoms with E-state index in [1.165, 1.54) is 6.42 Å². The molecule has 1 amide bonds. The molecule has 156 valence electrons. The molecule has 2 saturated heterocycles. The topological polar surface area (TPSA) is 90.3 Å². The lowest BCUT2D eigenvalue weighted by molar-refractivity contribution is -0.0109. The number of hydrogen-bond acceptors (Lipinski definition) is 6. The van der Waals surface area contributed by atoms with Crippen molar-refractivity contribution in [1.29, 1.82) is 0 Å². The van der Waals surface area contributed by atoms with Crippen molar-refractivity contribution in [3.8, 4) is 5.75 Å². The van der Waals surface area contributed by atoms with Gasteiger partial charge in [-0.1, -0.05) is 17.3 Å². The Morgan fingerprint density at radius 2 is 2.10 bits per heavy atom. The number of carbonyl (C=O) groups is 1. The zero-order chi connectivity index (χ0) is 20.1. The van der Waals surface area contributed by atoms with E-state index in [0.29, 0.717) is 23.7 Å². The molecular formula is C21H29N5O3. The minimum atomic E-state index is -0.271. The van der Waals surface area contributed by atoms with Crippen molar-refractivity contribution < 1.29 is 14.3 Å². The monoisotopic (exact) mass is 399 g/mol. The number of ether oxygens (including phenoxy) is 2. The highest BCUT2D eigenvalue weighted by Crippen LogP contribution is 2.26. The molecule has 2 fully saturated rings. The van der Waals surface area contributed by atoms with Gasteiger partial charge in [-0.3, -0.25) is 4.79 Å². The first kappa shape index (κ1) is 19.8. The second kappa shape index (κ2) is 9.37. The van der Waals surface area contributed by atoms with Crippen LogP contribution in [0.15, 0.2) is 24.3 Å². The summed E-state index contributed by atoms with van der Waals surface area (Å²) < 4.78 is 13.6. The smallest absolute Gasteiger partial charge is 0.278 e. The van der Waals surface area contributed by atoms with Gasteiger partial charge in [0.2, 0.25) is 0 Å². The van der Waals surface area contributed by atoms with Crippen molar-refractivity contribution in [2.24, 2.45) is 0 Å². The van der Waals surface area contributed by atoms with E-state index in [0.717, 1.165) is 51.1 Å². The normalized spacial score (nSPS) is 20.4. The second-order valence-electron chi connectivity index (χ2n) is 7.70. The number of para-hydroxylation sites is 2. The molecule has 8 heteroatoms. The predicted octanol–water partition coefficient (Wildman–Crippen LogP) is 2.71. The van der Waals surface area contributed by atoms with Crippen LogP contribution in [-0.2, 0) is 4.74 Å². The number of carbonyl (C=O) groups excluding carboxylic acids is 1. The van der Waals surface area contributed by atoms with E-state index < -0.39 is 0 Å². The van der Waals surface area contributed by atoms with Gasteiger partial charge < -0.3 is 20.1 Å². The summed E-state index contributed by atoms with van der Waals surface area (Å²) in [6, 6.07) is 7.75. The Morgan fingerprint density at radius 1 is 1.28 bits per heavy atom. The van der Waals surface area contributed by atoms with E-state index in [2.05, 4.69) is 20.9 Å². The van der Waals surface area contributed by atoms with Crippen molar-refractivity contribution >= 4 is 11.6 Å². The van der Waals surface area contributed by atoms with E-state index in [1.807, 2.05) is 35.9 Å². The fourth-order valence-electron chi connectivity index (χ4n) is 3.95. The molecule has 3 heterocycles. The molecule has 8 nitrogen and oxygen atoms in total. The fourth-order valence-corrected chi connectivity index (χ4v) is 3.95. The average molecular weight is 399 g/mol. The molecule has 0 spiro atoms. The van der Waals surface area contributed by atoms with Crippen LogP contribution in [0.25, 0.3) is 0 Å². The number of benzene rings is 1. The maximum Gasteiger partial charge on any atom is 0.278 e. The first-order valence-electron chi connectivity index (χ1n) is 10.5. The molecule has 4 rings (SSSR count). The van der Waals surface area contributed by atoms with Gasteiger partial charge >= 0.3 is 0 Å². The summed E-state index contributed by atoms with van der Waals surface area (Å²) >= 11 is 0. The number of nitrogens with zero attached hydrogens (tertiary/aromatic N) is 3. The van der Waals surface area contributed by atoms with Crippen LogP contribution in [0.1, 0.15) is 54.3 Å². The molecule has 0 bridgehead atoms. The van der Waals surface area contributed by atoms with Gasteiger partial charge in [-0.05, 0) is 64.3 Å². The molecule has 2 N–H and O–H groups in total. The number of anilines is 1. The van der Waals surface area contributed by atoms with Gasteiger partial charge in [0.1, 0.15) is 12.4 Å². The van der Waals surface area contributed by atoms with Gasteiger partial charge in [0, 0.05) is 6.61 Å². The molecule has 2 aromatic rings. The van der Waals surface area contributed by atoms with Crippen molar-refractivity contribution in [2.75, 3.05) is 31.6 Å². The highest BCUT2D eigenvalue weighted by molar-refractivity contribution is 6.04. The molecule has 1 unspecified atom stereocenters. The molecule has 29 heavy (non-hydrogen) atoms. The molecular weight excluding hydrogens is 370 g/mol. The van der Waals surface area contributed by atoms with E-state index >= 15 is 0 Å². The molecule has 0 saturated carbocycles. The van der Waals surface area contributed by atoms with Gasteiger partial charge in [0.25, 0.3) is 5.91 Å². The lowest BCUT2D eigenvalue weighted by Crippen LogP contribution is -2.30. The fraction of sp³-hybridized carbons (Fsp3) is 0.571. The SMILES string of the molecule is Cc1c(C(=O)Nc2ccccc2OCC2CCCCO2)nnn1C1CCNCC1. The lowest BCUT2D eigenvalue weighted by Gasteiger charge is -2.23. The molecule has 0 radical (unpaired) electrons. The van der Waals surface area contributed by atoms with E-state index in [4.69, 9.17) is 9.47 Å². The first-order chi connectivity index (χ1) is 14.2. The highest BCUT2D eigenvalue weighted by atomic mass is 16.5. The first-order valence-corrected chi connectivity index (χ1v) is 10.5. The number of piperidine rings is 1. The minimum Gasteiger partial charge on any atom is -0.489 e. The van der Waals surface area contributed by atoms with Crippen molar-refractivity contribution in [3.63, 3.8) is 0 Å². The number of hydrogen-bond donors (Lipinski definition) is 2. The number of nitrogens with one attached hydrogen (secondary N) is 2. The number of amides is 1. The molecule has 2 aliphatic rings. The number of rotatable bonds is 6. The third-order valence-electron chi connectivity index (χ3n) is 5.63. The minimum absolute atomic E-state index is 0.111. The third-order valence-corrected chi connectivity index (χ3v) is 5.63. The average Bonchev–Trinajstić information content (AvgIpc) is 3.16. The summed E-state index contributed by atoms with van der Waals surface area (Å²) in [4.78, 5) is 12.9. The van der Waals surface area contributed by atoms with Crippen LogP contribution >= 0.6 is 0 Å². The standard InChI is InChI=1S/C21H29N5O3/c1-15-20(24-25-26(15)16-9-11-22-12-10-16)21(27)23-18-7-2-3-8-19(18)29-14-17-6-4-5-13-28-17/h2-3,7-8,16-17,22H,4-6,9-14H2,1H3,(H,23,27). The van der Waals surface area contributed by atoms with Crippen LogP contribution in [0.4, 0.5) is 5.69 Å². The van der Waals surface area contributed by atoms with Crippen LogP contribution in [0.2, 0.25) is 0 Å². The summed E-state index contributed by atoms with van der Waals surface area (Å²) in [6.45, 7) is 5.10.